The van der Waals surface area contributed by atoms with Crippen LogP contribution in [0.4, 0.5) is 10.7 Å². The standard InChI is InChI=1S/C13H12N2O5/c16-12(15-18)10-6-7-11(20-10)14-13(17)19-8-9-4-2-1-3-5-9/h1-7,18H,8H2,(H,14,17)(H,15,16). The first-order valence-corrected chi connectivity index (χ1v) is 5.71. The van der Waals surface area contributed by atoms with Crippen LogP contribution in [0.25, 0.3) is 0 Å². The summed E-state index contributed by atoms with van der Waals surface area (Å²) in [5.41, 5.74) is 2.27. The van der Waals surface area contributed by atoms with Gasteiger partial charge in [-0.05, 0) is 11.6 Å². The molecule has 0 radical (unpaired) electrons. The summed E-state index contributed by atoms with van der Waals surface area (Å²) in [4.78, 5) is 22.5. The van der Waals surface area contributed by atoms with E-state index in [-0.39, 0.29) is 18.3 Å². The minimum absolute atomic E-state index is 0.0432. The fourth-order valence-electron chi connectivity index (χ4n) is 1.44. The monoisotopic (exact) mass is 276 g/mol. The fraction of sp³-hybridized carbons (Fsp3) is 0.0769. The van der Waals surface area contributed by atoms with Gasteiger partial charge >= 0.3 is 12.0 Å². The molecule has 1 heterocycles. The van der Waals surface area contributed by atoms with E-state index in [1.165, 1.54) is 17.6 Å². The second-order valence-corrected chi connectivity index (χ2v) is 3.79. The van der Waals surface area contributed by atoms with Gasteiger partial charge in [-0.3, -0.25) is 15.3 Å². The van der Waals surface area contributed by atoms with Crippen molar-refractivity contribution in [3.05, 3.63) is 53.8 Å². The SMILES string of the molecule is O=C(Nc1ccc(C(=O)NO)o1)OCc1ccccc1. The molecule has 20 heavy (non-hydrogen) atoms. The number of amides is 2. The molecular formula is C13H12N2O5. The number of benzene rings is 1. The average molecular weight is 276 g/mol. The maximum absolute atomic E-state index is 11.5. The Morgan fingerprint density at radius 2 is 1.90 bits per heavy atom. The van der Waals surface area contributed by atoms with Crippen molar-refractivity contribution >= 4 is 17.9 Å². The predicted molar refractivity (Wildman–Crippen MR) is 68.2 cm³/mol. The van der Waals surface area contributed by atoms with E-state index in [9.17, 15) is 9.59 Å². The first-order valence-electron chi connectivity index (χ1n) is 5.71. The van der Waals surface area contributed by atoms with Crippen LogP contribution in [0.3, 0.4) is 0 Å². The van der Waals surface area contributed by atoms with E-state index >= 15 is 0 Å². The number of hydrogen-bond acceptors (Lipinski definition) is 5. The number of ether oxygens (including phenoxy) is 1. The molecule has 2 amide bonds. The smallest absolute Gasteiger partial charge is 0.414 e. The number of hydrogen-bond donors (Lipinski definition) is 3. The zero-order valence-corrected chi connectivity index (χ0v) is 10.3. The Labute approximate surface area is 114 Å². The molecule has 0 atom stereocenters. The summed E-state index contributed by atoms with van der Waals surface area (Å²) in [5.74, 6) is -0.900. The number of hydroxylamine groups is 1. The van der Waals surface area contributed by atoms with Crippen molar-refractivity contribution in [2.75, 3.05) is 5.32 Å². The molecule has 2 aromatic rings. The van der Waals surface area contributed by atoms with Gasteiger partial charge in [0.25, 0.3) is 0 Å². The maximum atomic E-state index is 11.5. The van der Waals surface area contributed by atoms with Crippen LogP contribution < -0.4 is 10.8 Å². The molecule has 1 aromatic carbocycles. The van der Waals surface area contributed by atoms with Crippen LogP contribution in [-0.2, 0) is 11.3 Å². The molecule has 0 fully saturated rings. The van der Waals surface area contributed by atoms with Gasteiger partial charge in [-0.25, -0.2) is 10.3 Å². The molecule has 0 aliphatic heterocycles. The Hall–Kier alpha value is -2.80. The summed E-state index contributed by atoms with van der Waals surface area (Å²) in [6.45, 7) is 0.122. The molecule has 7 heteroatoms. The van der Waals surface area contributed by atoms with Gasteiger partial charge in [0, 0.05) is 6.07 Å². The summed E-state index contributed by atoms with van der Waals surface area (Å²) in [7, 11) is 0. The first kappa shape index (κ1) is 13.6. The van der Waals surface area contributed by atoms with Gasteiger partial charge in [-0.1, -0.05) is 30.3 Å². The van der Waals surface area contributed by atoms with E-state index in [1.807, 2.05) is 30.3 Å². The van der Waals surface area contributed by atoms with E-state index in [2.05, 4.69) is 5.32 Å². The largest absolute Gasteiger partial charge is 0.444 e. The van der Waals surface area contributed by atoms with Crippen LogP contribution in [0.5, 0.6) is 0 Å². The van der Waals surface area contributed by atoms with Gasteiger partial charge in [0.05, 0.1) is 0 Å². The van der Waals surface area contributed by atoms with Crippen molar-refractivity contribution in [2.45, 2.75) is 6.61 Å². The topological polar surface area (TPSA) is 101 Å². The highest BCUT2D eigenvalue weighted by molar-refractivity contribution is 5.91. The van der Waals surface area contributed by atoms with Crippen molar-refractivity contribution in [2.24, 2.45) is 0 Å². The number of rotatable bonds is 4. The Kier molecular flexibility index (Phi) is 4.35. The van der Waals surface area contributed by atoms with Crippen LogP contribution >= 0.6 is 0 Å². The number of anilines is 1. The number of carbonyl (C=O) groups is 2. The third kappa shape index (κ3) is 3.59. The Bertz CT molecular complexity index is 594. The zero-order chi connectivity index (χ0) is 14.4. The Morgan fingerprint density at radius 3 is 2.60 bits per heavy atom. The van der Waals surface area contributed by atoms with E-state index < -0.39 is 12.0 Å². The van der Waals surface area contributed by atoms with Gasteiger partial charge in [0.1, 0.15) is 6.61 Å². The van der Waals surface area contributed by atoms with Crippen LogP contribution in [-0.4, -0.2) is 17.2 Å². The van der Waals surface area contributed by atoms with Gasteiger partial charge in [-0.2, -0.15) is 0 Å². The lowest BCUT2D eigenvalue weighted by atomic mass is 10.2. The molecule has 3 N–H and O–H groups in total. The molecule has 0 saturated carbocycles. The summed E-state index contributed by atoms with van der Waals surface area (Å²) in [6, 6.07) is 11.9. The third-order valence-electron chi connectivity index (χ3n) is 2.37. The van der Waals surface area contributed by atoms with Crippen molar-refractivity contribution < 1.29 is 24.0 Å². The molecule has 0 saturated heterocycles. The first-order chi connectivity index (χ1) is 9.69. The van der Waals surface area contributed by atoms with Crippen LogP contribution in [0.1, 0.15) is 16.1 Å². The third-order valence-corrected chi connectivity index (χ3v) is 2.37. The second-order valence-electron chi connectivity index (χ2n) is 3.79. The van der Waals surface area contributed by atoms with Crippen molar-refractivity contribution in [1.29, 1.82) is 0 Å². The van der Waals surface area contributed by atoms with E-state index in [0.717, 1.165) is 5.56 Å². The van der Waals surface area contributed by atoms with Crippen LogP contribution in [0, 0.1) is 0 Å². The van der Waals surface area contributed by atoms with E-state index in [1.54, 1.807) is 0 Å². The predicted octanol–water partition coefficient (Wildman–Crippen LogP) is 2.15. The van der Waals surface area contributed by atoms with Crippen molar-refractivity contribution in [3.8, 4) is 0 Å². The lowest BCUT2D eigenvalue weighted by molar-refractivity contribution is 0.0677. The second kappa shape index (κ2) is 6.39. The molecule has 0 bridgehead atoms. The fourth-order valence-corrected chi connectivity index (χ4v) is 1.44. The molecule has 1 aromatic heterocycles. The van der Waals surface area contributed by atoms with Crippen LogP contribution in [0.2, 0.25) is 0 Å². The van der Waals surface area contributed by atoms with Crippen LogP contribution in [0.15, 0.2) is 46.9 Å². The number of nitrogens with one attached hydrogen (secondary N) is 2. The highest BCUT2D eigenvalue weighted by Gasteiger charge is 2.12. The van der Waals surface area contributed by atoms with Gasteiger partial charge in [0.15, 0.2) is 5.76 Å². The zero-order valence-electron chi connectivity index (χ0n) is 10.3. The van der Waals surface area contributed by atoms with Gasteiger partial charge in [0.2, 0.25) is 5.88 Å². The highest BCUT2D eigenvalue weighted by Crippen LogP contribution is 2.13. The number of carbonyl (C=O) groups excluding carboxylic acids is 2. The van der Waals surface area contributed by atoms with E-state index in [0.29, 0.717) is 0 Å². The molecule has 0 spiro atoms. The Morgan fingerprint density at radius 1 is 1.15 bits per heavy atom. The molecule has 0 aliphatic rings. The highest BCUT2D eigenvalue weighted by atomic mass is 16.6. The quantitative estimate of drug-likeness (QED) is 0.586. The number of furan rings is 1. The Balaban J connectivity index is 1.85. The summed E-state index contributed by atoms with van der Waals surface area (Å²) in [6.07, 6.45) is -0.709. The van der Waals surface area contributed by atoms with Crippen molar-refractivity contribution in [3.63, 3.8) is 0 Å². The summed E-state index contributed by atoms with van der Waals surface area (Å²) >= 11 is 0. The minimum Gasteiger partial charge on any atom is -0.444 e. The lowest BCUT2D eigenvalue weighted by Gasteiger charge is -2.04. The van der Waals surface area contributed by atoms with Crippen molar-refractivity contribution in [1.82, 2.24) is 5.48 Å². The molecule has 104 valence electrons. The molecule has 7 nitrogen and oxygen atoms in total. The summed E-state index contributed by atoms with van der Waals surface area (Å²) in [5, 5.41) is 10.7. The lowest BCUT2D eigenvalue weighted by Crippen LogP contribution is -2.17. The van der Waals surface area contributed by atoms with Gasteiger partial charge < -0.3 is 9.15 Å². The van der Waals surface area contributed by atoms with E-state index in [4.69, 9.17) is 14.4 Å². The minimum atomic E-state index is -0.810. The summed E-state index contributed by atoms with van der Waals surface area (Å²) < 4.78 is 9.94. The average Bonchev–Trinajstić information content (AvgIpc) is 2.94. The molecule has 0 aliphatic carbocycles. The van der Waals surface area contributed by atoms with Gasteiger partial charge in [-0.15, -0.1) is 0 Å². The maximum Gasteiger partial charge on any atom is 0.414 e. The molecular weight excluding hydrogens is 264 g/mol. The normalized spacial score (nSPS) is 9.85. The molecule has 0 unspecified atom stereocenters. The molecule has 2 rings (SSSR count).